The van der Waals surface area contributed by atoms with Gasteiger partial charge in [0.05, 0.1) is 0 Å². The fraction of sp³-hybridized carbons (Fsp3) is 0. The van der Waals surface area contributed by atoms with E-state index < -0.39 is 0 Å². The zero-order valence-corrected chi connectivity index (χ0v) is 8.14. The summed E-state index contributed by atoms with van der Waals surface area (Å²) in [6.07, 6.45) is 0. The Morgan fingerprint density at radius 1 is 0.714 bits per heavy atom. The number of phenols is 1. The SMILES string of the molecule is Oc1ccccc1-c1ccccc1.[Li]. The van der Waals surface area contributed by atoms with Gasteiger partial charge in [-0.3, -0.25) is 0 Å². The van der Waals surface area contributed by atoms with Crippen LogP contribution in [0, 0.1) is 0 Å². The van der Waals surface area contributed by atoms with Crippen molar-refractivity contribution in [1.29, 1.82) is 0 Å². The average molecular weight is 177 g/mol. The molecule has 1 radical (unpaired) electrons. The average Bonchev–Trinajstić information content (AvgIpc) is 2.20. The van der Waals surface area contributed by atoms with Gasteiger partial charge in [-0.1, -0.05) is 48.5 Å². The second kappa shape index (κ2) is 4.90. The summed E-state index contributed by atoms with van der Waals surface area (Å²) in [6, 6.07) is 17.2. The quantitative estimate of drug-likeness (QED) is 0.664. The van der Waals surface area contributed by atoms with Gasteiger partial charge in [0.25, 0.3) is 0 Å². The van der Waals surface area contributed by atoms with Gasteiger partial charge in [0.1, 0.15) is 5.75 Å². The van der Waals surface area contributed by atoms with Gasteiger partial charge in [-0.05, 0) is 11.6 Å². The molecule has 14 heavy (non-hydrogen) atoms. The third kappa shape index (κ3) is 2.20. The summed E-state index contributed by atoms with van der Waals surface area (Å²) in [5.41, 5.74) is 1.92. The second-order valence-electron chi connectivity index (χ2n) is 2.88. The van der Waals surface area contributed by atoms with Crippen molar-refractivity contribution in [2.45, 2.75) is 0 Å². The van der Waals surface area contributed by atoms with Crippen LogP contribution < -0.4 is 0 Å². The van der Waals surface area contributed by atoms with E-state index in [9.17, 15) is 5.11 Å². The zero-order valence-electron chi connectivity index (χ0n) is 8.14. The van der Waals surface area contributed by atoms with E-state index in [0.29, 0.717) is 5.75 Å². The minimum atomic E-state index is 0. The van der Waals surface area contributed by atoms with Crippen LogP contribution in [0.1, 0.15) is 0 Å². The first kappa shape index (κ1) is 10.9. The van der Waals surface area contributed by atoms with Gasteiger partial charge in [0.2, 0.25) is 0 Å². The van der Waals surface area contributed by atoms with Gasteiger partial charge in [0.15, 0.2) is 0 Å². The fourth-order valence-corrected chi connectivity index (χ4v) is 1.34. The number of hydrogen-bond acceptors (Lipinski definition) is 1. The summed E-state index contributed by atoms with van der Waals surface area (Å²) in [5, 5.41) is 9.56. The van der Waals surface area contributed by atoms with E-state index in [1.54, 1.807) is 6.07 Å². The molecule has 0 aromatic heterocycles. The molecule has 0 spiro atoms. The van der Waals surface area contributed by atoms with Gasteiger partial charge >= 0.3 is 0 Å². The van der Waals surface area contributed by atoms with E-state index in [-0.39, 0.29) is 18.9 Å². The molecule has 2 rings (SSSR count). The van der Waals surface area contributed by atoms with Crippen molar-refractivity contribution < 1.29 is 5.11 Å². The molecule has 2 heteroatoms. The van der Waals surface area contributed by atoms with Crippen molar-refractivity contribution >= 4 is 18.9 Å². The minimum absolute atomic E-state index is 0. The number of hydrogen-bond donors (Lipinski definition) is 1. The van der Waals surface area contributed by atoms with Gasteiger partial charge in [-0.15, -0.1) is 0 Å². The number of phenolic OH excluding ortho intramolecular Hbond substituents is 1. The summed E-state index contributed by atoms with van der Waals surface area (Å²) in [5.74, 6) is 0.328. The van der Waals surface area contributed by atoms with Gasteiger partial charge in [-0.2, -0.15) is 0 Å². The second-order valence-corrected chi connectivity index (χ2v) is 2.88. The molecule has 65 valence electrons. The molecule has 0 aliphatic carbocycles. The van der Waals surface area contributed by atoms with E-state index in [2.05, 4.69) is 0 Å². The molecule has 0 atom stereocenters. The Hall–Kier alpha value is -1.16. The Balaban J connectivity index is 0.000000980. The standard InChI is InChI=1S/C12H10O.Li/c13-12-9-5-4-8-11(12)10-6-2-1-3-7-10;/h1-9,13H;. The predicted octanol–water partition coefficient (Wildman–Crippen LogP) is 2.68. The third-order valence-corrected chi connectivity index (χ3v) is 1.99. The first-order valence-electron chi connectivity index (χ1n) is 4.21. The van der Waals surface area contributed by atoms with E-state index >= 15 is 0 Å². The van der Waals surface area contributed by atoms with Crippen LogP contribution >= 0.6 is 0 Å². The Bertz CT molecular complexity index is 398. The Labute approximate surface area is 95.6 Å². The van der Waals surface area contributed by atoms with Crippen LogP contribution in [0.4, 0.5) is 0 Å². The van der Waals surface area contributed by atoms with Crippen molar-refractivity contribution in [2.24, 2.45) is 0 Å². The van der Waals surface area contributed by atoms with Crippen LogP contribution in [0.15, 0.2) is 54.6 Å². The molecule has 0 aliphatic heterocycles. The molecule has 1 nitrogen and oxygen atoms in total. The molecule has 0 fully saturated rings. The molecule has 0 heterocycles. The van der Waals surface area contributed by atoms with Gasteiger partial charge < -0.3 is 5.11 Å². The molecule has 0 bridgehead atoms. The van der Waals surface area contributed by atoms with E-state index in [1.807, 2.05) is 48.5 Å². The summed E-state index contributed by atoms with van der Waals surface area (Å²) < 4.78 is 0. The number of rotatable bonds is 1. The molecule has 0 aliphatic rings. The maximum Gasteiger partial charge on any atom is 0.123 e. The Morgan fingerprint density at radius 3 is 1.93 bits per heavy atom. The minimum Gasteiger partial charge on any atom is -0.507 e. The van der Waals surface area contributed by atoms with Crippen molar-refractivity contribution in [1.82, 2.24) is 0 Å². The maximum absolute atomic E-state index is 9.56. The number of aromatic hydroxyl groups is 1. The molecule has 0 saturated carbocycles. The van der Waals surface area contributed by atoms with Crippen LogP contribution in [0.25, 0.3) is 11.1 Å². The Morgan fingerprint density at radius 2 is 1.29 bits per heavy atom. The van der Waals surface area contributed by atoms with E-state index in [0.717, 1.165) is 11.1 Å². The van der Waals surface area contributed by atoms with Crippen LogP contribution in [0.3, 0.4) is 0 Å². The predicted molar refractivity (Wildman–Crippen MR) is 59.3 cm³/mol. The molecule has 2 aromatic rings. The topological polar surface area (TPSA) is 20.2 Å². The van der Waals surface area contributed by atoms with Crippen LogP contribution in [0.2, 0.25) is 0 Å². The Kier molecular flexibility index (Phi) is 3.82. The fourth-order valence-electron chi connectivity index (χ4n) is 1.34. The van der Waals surface area contributed by atoms with E-state index in [4.69, 9.17) is 0 Å². The smallest absolute Gasteiger partial charge is 0.123 e. The summed E-state index contributed by atoms with van der Waals surface area (Å²) in [4.78, 5) is 0. The van der Waals surface area contributed by atoms with Gasteiger partial charge in [0, 0.05) is 24.4 Å². The summed E-state index contributed by atoms with van der Waals surface area (Å²) in [6.45, 7) is 0. The largest absolute Gasteiger partial charge is 0.507 e. The number of para-hydroxylation sites is 1. The molecule has 0 unspecified atom stereocenters. The molecule has 1 N–H and O–H groups in total. The molecule has 0 saturated heterocycles. The normalized spacial score (nSPS) is 9.14. The molecular formula is C12H10LiO. The van der Waals surface area contributed by atoms with Crippen LogP contribution in [-0.4, -0.2) is 24.0 Å². The van der Waals surface area contributed by atoms with Crippen LogP contribution in [-0.2, 0) is 0 Å². The van der Waals surface area contributed by atoms with Crippen molar-refractivity contribution in [3.05, 3.63) is 54.6 Å². The summed E-state index contributed by atoms with van der Waals surface area (Å²) >= 11 is 0. The molecule has 0 amide bonds. The maximum atomic E-state index is 9.56. The van der Waals surface area contributed by atoms with Crippen molar-refractivity contribution in [2.75, 3.05) is 0 Å². The molecule has 2 aromatic carbocycles. The first-order chi connectivity index (χ1) is 6.38. The summed E-state index contributed by atoms with van der Waals surface area (Å²) in [7, 11) is 0. The zero-order chi connectivity index (χ0) is 9.10. The number of benzene rings is 2. The van der Waals surface area contributed by atoms with E-state index in [1.165, 1.54) is 0 Å². The van der Waals surface area contributed by atoms with Crippen LogP contribution in [0.5, 0.6) is 5.75 Å². The molecular weight excluding hydrogens is 167 g/mol. The first-order valence-corrected chi connectivity index (χ1v) is 4.21. The van der Waals surface area contributed by atoms with Gasteiger partial charge in [-0.25, -0.2) is 0 Å². The third-order valence-electron chi connectivity index (χ3n) is 1.99. The van der Waals surface area contributed by atoms with Crippen molar-refractivity contribution in [3.63, 3.8) is 0 Å². The monoisotopic (exact) mass is 177 g/mol. The van der Waals surface area contributed by atoms with Crippen molar-refractivity contribution in [3.8, 4) is 16.9 Å².